The van der Waals surface area contributed by atoms with Gasteiger partial charge in [-0.3, -0.25) is 0 Å². The molecule has 2 aromatic rings. The predicted molar refractivity (Wildman–Crippen MR) is 67.8 cm³/mol. The topological polar surface area (TPSA) is 41.8 Å². The summed E-state index contributed by atoms with van der Waals surface area (Å²) in [4.78, 5) is 3.33. The molecule has 0 aliphatic carbocycles. The summed E-state index contributed by atoms with van der Waals surface area (Å²) in [5.41, 5.74) is 10.8. The van der Waals surface area contributed by atoms with Crippen molar-refractivity contribution in [1.82, 2.24) is 4.98 Å². The number of fused-ring (bicyclic) bond motifs is 1. The van der Waals surface area contributed by atoms with Crippen molar-refractivity contribution in [2.45, 2.75) is 20.3 Å². The lowest BCUT2D eigenvalue weighted by molar-refractivity contribution is 0.976. The van der Waals surface area contributed by atoms with Crippen LogP contribution in [0.4, 0.5) is 0 Å². The zero-order valence-electron chi connectivity index (χ0n) is 9.13. The van der Waals surface area contributed by atoms with Crippen LogP contribution in [0.15, 0.2) is 18.3 Å². The molecule has 0 fully saturated rings. The molecule has 0 unspecified atom stereocenters. The summed E-state index contributed by atoms with van der Waals surface area (Å²) in [5.74, 6) is 0. The number of rotatable bonds is 2. The first-order chi connectivity index (χ1) is 6.74. The lowest BCUT2D eigenvalue weighted by Gasteiger charge is -2.02. The summed E-state index contributed by atoms with van der Waals surface area (Å²) in [6, 6.07) is 4.35. The molecule has 1 heterocycles. The number of aromatic amines is 1. The van der Waals surface area contributed by atoms with Gasteiger partial charge >= 0.3 is 0 Å². The van der Waals surface area contributed by atoms with Crippen molar-refractivity contribution in [2.75, 3.05) is 6.54 Å². The highest BCUT2D eigenvalue weighted by atomic mass is 35.5. The van der Waals surface area contributed by atoms with Crippen LogP contribution >= 0.6 is 12.4 Å². The van der Waals surface area contributed by atoms with Crippen LogP contribution in [0.2, 0.25) is 0 Å². The van der Waals surface area contributed by atoms with Gasteiger partial charge in [-0.25, -0.2) is 0 Å². The maximum Gasteiger partial charge on any atom is 0.0489 e. The zero-order valence-corrected chi connectivity index (χ0v) is 9.95. The molecule has 0 amide bonds. The van der Waals surface area contributed by atoms with E-state index in [2.05, 4.69) is 37.2 Å². The van der Waals surface area contributed by atoms with Gasteiger partial charge in [0.15, 0.2) is 0 Å². The van der Waals surface area contributed by atoms with E-state index in [9.17, 15) is 0 Å². The van der Waals surface area contributed by atoms with Crippen LogP contribution in [0.25, 0.3) is 10.9 Å². The van der Waals surface area contributed by atoms with Crippen LogP contribution in [0, 0.1) is 13.8 Å². The number of halogens is 1. The monoisotopic (exact) mass is 224 g/mol. The number of nitrogens with one attached hydrogen (secondary N) is 1. The van der Waals surface area contributed by atoms with Crippen molar-refractivity contribution >= 4 is 23.3 Å². The van der Waals surface area contributed by atoms with Crippen LogP contribution in [0.5, 0.6) is 0 Å². The molecule has 2 nitrogen and oxygen atoms in total. The third-order valence-corrected chi connectivity index (χ3v) is 2.89. The summed E-state index contributed by atoms with van der Waals surface area (Å²) >= 11 is 0. The normalized spacial score (nSPS) is 10.3. The standard InChI is InChI=1S/C12H16N2.ClH/c1-8-3-4-11-10(5-6-13)7-14-12(11)9(8)2;/h3-4,7,14H,5-6,13H2,1-2H3;1H. The van der Waals surface area contributed by atoms with Gasteiger partial charge in [-0.05, 0) is 43.5 Å². The second-order valence-electron chi connectivity index (χ2n) is 3.78. The van der Waals surface area contributed by atoms with E-state index < -0.39 is 0 Å². The fourth-order valence-corrected chi connectivity index (χ4v) is 1.87. The number of benzene rings is 1. The van der Waals surface area contributed by atoms with Gasteiger partial charge in [0.2, 0.25) is 0 Å². The number of hydrogen-bond acceptors (Lipinski definition) is 1. The number of aryl methyl sites for hydroxylation is 2. The van der Waals surface area contributed by atoms with Crippen LogP contribution in [0.3, 0.4) is 0 Å². The summed E-state index contributed by atoms with van der Waals surface area (Å²) in [5, 5.41) is 1.32. The average molecular weight is 225 g/mol. The molecule has 3 heteroatoms. The van der Waals surface area contributed by atoms with Gasteiger partial charge < -0.3 is 10.7 Å². The van der Waals surface area contributed by atoms with Crippen molar-refractivity contribution in [3.8, 4) is 0 Å². The Balaban J connectivity index is 0.00000112. The van der Waals surface area contributed by atoms with E-state index in [0.29, 0.717) is 6.54 Å². The van der Waals surface area contributed by atoms with Crippen molar-refractivity contribution in [1.29, 1.82) is 0 Å². The third kappa shape index (κ3) is 2.01. The van der Waals surface area contributed by atoms with Crippen molar-refractivity contribution in [2.24, 2.45) is 5.73 Å². The fourth-order valence-electron chi connectivity index (χ4n) is 1.87. The van der Waals surface area contributed by atoms with Crippen LogP contribution in [-0.2, 0) is 6.42 Å². The lowest BCUT2D eigenvalue weighted by atomic mass is 10.0. The Labute approximate surface area is 96.3 Å². The number of hydrogen-bond donors (Lipinski definition) is 2. The smallest absolute Gasteiger partial charge is 0.0489 e. The van der Waals surface area contributed by atoms with Gasteiger partial charge in [-0.15, -0.1) is 12.4 Å². The number of H-pyrrole nitrogens is 1. The SMILES string of the molecule is Cc1ccc2c(CCN)c[nH]c2c1C.Cl. The van der Waals surface area contributed by atoms with Gasteiger partial charge in [0, 0.05) is 17.1 Å². The van der Waals surface area contributed by atoms with Crippen molar-refractivity contribution in [3.05, 3.63) is 35.0 Å². The van der Waals surface area contributed by atoms with Crippen LogP contribution < -0.4 is 5.73 Å². The highest BCUT2D eigenvalue weighted by Gasteiger charge is 2.05. The molecule has 15 heavy (non-hydrogen) atoms. The number of nitrogens with two attached hydrogens (primary N) is 1. The quantitative estimate of drug-likeness (QED) is 0.809. The van der Waals surface area contributed by atoms with Gasteiger partial charge in [0.1, 0.15) is 0 Å². The van der Waals surface area contributed by atoms with Gasteiger partial charge in [-0.1, -0.05) is 12.1 Å². The fraction of sp³-hybridized carbons (Fsp3) is 0.333. The van der Waals surface area contributed by atoms with Crippen LogP contribution in [-0.4, -0.2) is 11.5 Å². The third-order valence-electron chi connectivity index (χ3n) is 2.89. The van der Waals surface area contributed by atoms with E-state index in [1.165, 1.54) is 27.6 Å². The van der Waals surface area contributed by atoms with E-state index >= 15 is 0 Å². The molecule has 0 aliphatic rings. The van der Waals surface area contributed by atoms with Gasteiger partial charge in [0.05, 0.1) is 0 Å². The average Bonchev–Trinajstić information content (AvgIpc) is 2.57. The highest BCUT2D eigenvalue weighted by Crippen LogP contribution is 2.23. The minimum absolute atomic E-state index is 0. The summed E-state index contributed by atoms with van der Waals surface area (Å²) in [6.45, 7) is 5.00. The van der Waals surface area contributed by atoms with E-state index in [4.69, 9.17) is 5.73 Å². The number of aromatic nitrogens is 1. The highest BCUT2D eigenvalue weighted by molar-refractivity contribution is 5.86. The Bertz CT molecular complexity index is 460. The van der Waals surface area contributed by atoms with E-state index in [-0.39, 0.29) is 12.4 Å². The Morgan fingerprint density at radius 1 is 1.27 bits per heavy atom. The Morgan fingerprint density at radius 3 is 2.67 bits per heavy atom. The molecule has 0 aliphatic heterocycles. The summed E-state index contributed by atoms with van der Waals surface area (Å²) in [7, 11) is 0. The zero-order chi connectivity index (χ0) is 10.1. The molecular weight excluding hydrogens is 208 g/mol. The summed E-state index contributed by atoms with van der Waals surface area (Å²) < 4.78 is 0. The Morgan fingerprint density at radius 2 is 2.00 bits per heavy atom. The molecule has 82 valence electrons. The summed E-state index contributed by atoms with van der Waals surface area (Å²) in [6.07, 6.45) is 3.02. The molecule has 0 spiro atoms. The minimum atomic E-state index is 0. The lowest BCUT2D eigenvalue weighted by Crippen LogP contribution is -2.01. The maximum atomic E-state index is 5.56. The molecule has 0 saturated carbocycles. The van der Waals surface area contributed by atoms with E-state index in [1.54, 1.807) is 0 Å². The largest absolute Gasteiger partial charge is 0.361 e. The van der Waals surface area contributed by atoms with Crippen LogP contribution in [0.1, 0.15) is 16.7 Å². The molecule has 3 N–H and O–H groups in total. The second-order valence-corrected chi connectivity index (χ2v) is 3.78. The maximum absolute atomic E-state index is 5.56. The molecule has 1 aromatic carbocycles. The molecule has 1 aromatic heterocycles. The second kappa shape index (κ2) is 4.69. The van der Waals surface area contributed by atoms with Gasteiger partial charge in [-0.2, -0.15) is 0 Å². The van der Waals surface area contributed by atoms with E-state index in [0.717, 1.165) is 6.42 Å². The van der Waals surface area contributed by atoms with E-state index in [1.807, 2.05) is 0 Å². The molecule has 0 bridgehead atoms. The molecule has 0 atom stereocenters. The molecular formula is C12H17ClN2. The van der Waals surface area contributed by atoms with Crippen molar-refractivity contribution < 1.29 is 0 Å². The molecule has 0 saturated heterocycles. The predicted octanol–water partition coefficient (Wildman–Crippen LogP) is 2.71. The minimum Gasteiger partial charge on any atom is -0.361 e. The first-order valence-electron chi connectivity index (χ1n) is 5.00. The first-order valence-corrected chi connectivity index (χ1v) is 5.00. The molecule has 0 radical (unpaired) electrons. The first kappa shape index (κ1) is 12.1. The Hall–Kier alpha value is -0.990. The Kier molecular flexibility index (Phi) is 3.77. The van der Waals surface area contributed by atoms with Gasteiger partial charge in [0.25, 0.3) is 0 Å². The van der Waals surface area contributed by atoms with Crippen molar-refractivity contribution in [3.63, 3.8) is 0 Å². The molecule has 2 rings (SSSR count).